The largest absolute Gasteiger partial charge is 0.469 e. The van der Waals surface area contributed by atoms with Crippen LogP contribution in [0.2, 0.25) is 10.0 Å². The molecule has 6 heteroatoms. The molecule has 3 unspecified atom stereocenters. The molecule has 3 rings (SSSR count). The van der Waals surface area contributed by atoms with Crippen molar-refractivity contribution in [3.63, 3.8) is 0 Å². The van der Waals surface area contributed by atoms with E-state index in [0.717, 1.165) is 31.4 Å². The van der Waals surface area contributed by atoms with Crippen molar-refractivity contribution in [3.05, 3.63) is 44.0 Å². The topological polar surface area (TPSA) is 29.5 Å². The first kappa shape index (κ1) is 18.5. The monoisotopic (exact) mass is 479 g/mol. The summed E-state index contributed by atoms with van der Waals surface area (Å²) < 4.78 is 7.19. The summed E-state index contributed by atoms with van der Waals surface area (Å²) in [5.74, 6) is -0.155. The zero-order chi connectivity index (χ0) is 17.3. The Morgan fingerprint density at radius 1 is 1.38 bits per heavy atom. The lowest BCUT2D eigenvalue weighted by Crippen LogP contribution is -2.50. The second kappa shape index (κ2) is 7.94. The third-order valence-corrected chi connectivity index (χ3v) is 6.56. The summed E-state index contributed by atoms with van der Waals surface area (Å²) in [6.07, 6.45) is 5.27. The number of carbonyl (C=O) groups is 1. The molecule has 2 heterocycles. The quantitative estimate of drug-likeness (QED) is 0.447. The summed E-state index contributed by atoms with van der Waals surface area (Å²) in [5, 5.41) is 1.09. The molecule has 2 saturated heterocycles. The predicted molar refractivity (Wildman–Crippen MR) is 106 cm³/mol. The van der Waals surface area contributed by atoms with Crippen LogP contribution in [0.4, 0.5) is 0 Å². The summed E-state index contributed by atoms with van der Waals surface area (Å²) in [7, 11) is 1.48. The number of rotatable bonds is 4. The Bertz CT molecular complexity index is 652. The van der Waals surface area contributed by atoms with Crippen LogP contribution in [-0.2, 0) is 9.53 Å². The van der Waals surface area contributed by atoms with E-state index in [1.165, 1.54) is 7.11 Å². The van der Waals surface area contributed by atoms with E-state index in [-0.39, 0.29) is 23.8 Å². The van der Waals surface area contributed by atoms with Crippen molar-refractivity contribution in [3.8, 4) is 0 Å². The van der Waals surface area contributed by atoms with Crippen molar-refractivity contribution >= 4 is 51.8 Å². The fourth-order valence-electron chi connectivity index (χ4n) is 4.30. The second-order valence-electron chi connectivity index (χ2n) is 6.42. The highest BCUT2D eigenvalue weighted by atomic mass is 127. The van der Waals surface area contributed by atoms with Crippen molar-refractivity contribution in [2.75, 3.05) is 13.7 Å². The Morgan fingerprint density at radius 2 is 2.17 bits per heavy atom. The van der Waals surface area contributed by atoms with Crippen LogP contribution in [0, 0.1) is 5.92 Å². The van der Waals surface area contributed by atoms with E-state index in [0.29, 0.717) is 16.1 Å². The van der Waals surface area contributed by atoms with E-state index in [4.69, 9.17) is 27.9 Å². The number of hydrogen-bond acceptors (Lipinski definition) is 3. The minimum Gasteiger partial charge on any atom is -0.469 e. The molecule has 130 valence electrons. The molecule has 3 nitrogen and oxygen atoms in total. The van der Waals surface area contributed by atoms with Crippen molar-refractivity contribution < 1.29 is 9.53 Å². The van der Waals surface area contributed by atoms with Crippen molar-refractivity contribution in [2.45, 2.75) is 37.3 Å². The standard InChI is InChI=1S/C18H20Cl2INO2/c1-24-18(23)17-13(11-3-5-14(19)15(20)9-11)10-12-4-6-16(17)22(12)8-2-7-21/h2-3,5,7,9,12-13,16-17H,4,6,8,10H2,1H3/b7-2+/t12?,13?,16?,17-/m0/s1. The van der Waals surface area contributed by atoms with Gasteiger partial charge in [-0.1, -0.05) is 57.9 Å². The van der Waals surface area contributed by atoms with Gasteiger partial charge >= 0.3 is 5.97 Å². The first-order chi connectivity index (χ1) is 11.6. The number of esters is 1. The maximum absolute atomic E-state index is 12.6. The van der Waals surface area contributed by atoms with Crippen LogP contribution in [0.5, 0.6) is 0 Å². The third-order valence-electron chi connectivity index (χ3n) is 5.32. The molecule has 0 aromatic heterocycles. The fraction of sp³-hybridized carbons (Fsp3) is 0.500. The van der Waals surface area contributed by atoms with Gasteiger partial charge in [0, 0.05) is 24.5 Å². The summed E-state index contributed by atoms with van der Waals surface area (Å²) in [5.41, 5.74) is 1.08. The average molecular weight is 480 g/mol. The molecule has 0 spiro atoms. The Balaban J connectivity index is 1.94. The van der Waals surface area contributed by atoms with E-state index in [9.17, 15) is 4.79 Å². The molecule has 0 aliphatic carbocycles. The van der Waals surface area contributed by atoms with Crippen LogP contribution in [0.15, 0.2) is 28.4 Å². The minimum absolute atomic E-state index is 0.125. The summed E-state index contributed by atoms with van der Waals surface area (Å²) >= 11 is 14.5. The highest BCUT2D eigenvalue weighted by molar-refractivity contribution is 14.1. The fourth-order valence-corrected chi connectivity index (χ4v) is 4.84. The second-order valence-corrected chi connectivity index (χ2v) is 7.96. The molecule has 0 saturated carbocycles. The highest BCUT2D eigenvalue weighted by Gasteiger charge is 2.50. The molecular weight excluding hydrogens is 460 g/mol. The third kappa shape index (κ3) is 3.48. The van der Waals surface area contributed by atoms with E-state index < -0.39 is 0 Å². The molecule has 24 heavy (non-hydrogen) atoms. The molecule has 0 N–H and O–H groups in total. The minimum atomic E-state index is -0.159. The van der Waals surface area contributed by atoms with E-state index in [2.05, 4.69) is 33.6 Å². The lowest BCUT2D eigenvalue weighted by molar-refractivity contribution is -0.150. The van der Waals surface area contributed by atoms with Gasteiger partial charge in [0.25, 0.3) is 0 Å². The van der Waals surface area contributed by atoms with Crippen LogP contribution in [0.25, 0.3) is 0 Å². The maximum Gasteiger partial charge on any atom is 0.310 e. The normalized spacial score (nSPS) is 30.0. The molecule has 0 amide bonds. The van der Waals surface area contributed by atoms with Gasteiger partial charge in [-0.05, 0) is 41.0 Å². The number of methoxy groups -OCH3 is 1. The summed E-state index contributed by atoms with van der Waals surface area (Å²) in [6.45, 7) is 0.889. The van der Waals surface area contributed by atoms with Gasteiger partial charge in [-0.2, -0.15) is 0 Å². The number of hydrogen-bond donors (Lipinski definition) is 0. The van der Waals surface area contributed by atoms with Crippen molar-refractivity contribution in [2.24, 2.45) is 5.92 Å². The van der Waals surface area contributed by atoms with Gasteiger partial charge in [0.15, 0.2) is 0 Å². The first-order valence-electron chi connectivity index (χ1n) is 8.10. The SMILES string of the molecule is COC(=O)[C@H]1C(c2ccc(Cl)c(Cl)c2)CC2CCC1N2C/C=C/I. The lowest BCUT2D eigenvalue weighted by atomic mass is 9.76. The van der Waals surface area contributed by atoms with Crippen molar-refractivity contribution in [1.82, 2.24) is 4.90 Å². The molecule has 2 aliphatic heterocycles. The van der Waals surface area contributed by atoms with Gasteiger partial charge in [-0.15, -0.1) is 0 Å². The molecule has 1 aromatic carbocycles. The molecule has 0 radical (unpaired) electrons. The zero-order valence-corrected chi connectivity index (χ0v) is 17.1. The lowest BCUT2D eigenvalue weighted by Gasteiger charge is -2.43. The van der Waals surface area contributed by atoms with Crippen molar-refractivity contribution in [1.29, 1.82) is 0 Å². The van der Waals surface area contributed by atoms with Gasteiger partial charge in [-0.3, -0.25) is 9.69 Å². The number of nitrogens with zero attached hydrogens (tertiary/aromatic N) is 1. The average Bonchev–Trinajstić information content (AvgIpc) is 2.86. The van der Waals surface area contributed by atoms with Crippen LogP contribution < -0.4 is 0 Å². The van der Waals surface area contributed by atoms with Gasteiger partial charge < -0.3 is 4.74 Å². The Hall–Kier alpha value is -0.300. The molecule has 2 fully saturated rings. The van der Waals surface area contributed by atoms with Gasteiger partial charge in [-0.25, -0.2) is 0 Å². The van der Waals surface area contributed by atoms with Gasteiger partial charge in [0.05, 0.1) is 23.1 Å². The molecule has 1 aromatic rings. The summed E-state index contributed by atoms with van der Waals surface area (Å²) in [6, 6.07) is 6.45. The molecular formula is C18H20Cl2INO2. The Labute approximate surface area is 166 Å². The van der Waals surface area contributed by atoms with Gasteiger partial charge in [0.2, 0.25) is 0 Å². The van der Waals surface area contributed by atoms with E-state index in [1.54, 1.807) is 0 Å². The number of benzene rings is 1. The number of fused-ring (bicyclic) bond motifs is 2. The van der Waals surface area contributed by atoms with Crippen LogP contribution in [0.3, 0.4) is 0 Å². The summed E-state index contributed by atoms with van der Waals surface area (Å²) in [4.78, 5) is 15.0. The predicted octanol–water partition coefficient (Wildman–Crippen LogP) is 5.05. The molecule has 4 atom stereocenters. The Kier molecular flexibility index (Phi) is 6.11. The van der Waals surface area contributed by atoms with E-state index >= 15 is 0 Å². The molecule has 2 aliphatic rings. The maximum atomic E-state index is 12.6. The first-order valence-corrected chi connectivity index (χ1v) is 10.1. The number of piperidine rings is 1. The Morgan fingerprint density at radius 3 is 2.83 bits per heavy atom. The van der Waals surface area contributed by atoms with Crippen LogP contribution in [-0.4, -0.2) is 36.6 Å². The van der Waals surface area contributed by atoms with Crippen LogP contribution >= 0.6 is 45.8 Å². The van der Waals surface area contributed by atoms with E-state index in [1.807, 2.05) is 22.3 Å². The number of ether oxygens (including phenoxy) is 1. The smallest absolute Gasteiger partial charge is 0.310 e. The zero-order valence-electron chi connectivity index (χ0n) is 13.4. The van der Waals surface area contributed by atoms with Crippen LogP contribution in [0.1, 0.15) is 30.7 Å². The molecule has 2 bridgehead atoms. The number of halogens is 3. The highest BCUT2D eigenvalue weighted by Crippen LogP contribution is 2.48. The number of carbonyl (C=O) groups excluding carboxylic acids is 1. The van der Waals surface area contributed by atoms with Gasteiger partial charge in [0.1, 0.15) is 0 Å².